The predicted octanol–water partition coefficient (Wildman–Crippen LogP) is 3.50. The van der Waals surface area contributed by atoms with Gasteiger partial charge in [0.2, 0.25) is 0 Å². The van der Waals surface area contributed by atoms with Gasteiger partial charge in [-0.15, -0.1) is 0 Å². The Morgan fingerprint density at radius 1 is 1.08 bits per heavy atom. The van der Waals surface area contributed by atoms with Crippen molar-refractivity contribution in [3.05, 3.63) is 29.3 Å². The Hall–Kier alpha value is -3.11. The number of benzene rings is 1. The zero-order valence-electron chi connectivity index (χ0n) is 20.2. The molecule has 4 rings (SSSR count). The van der Waals surface area contributed by atoms with Gasteiger partial charge in [0.1, 0.15) is 6.04 Å². The molecule has 0 bridgehead atoms. The van der Waals surface area contributed by atoms with Gasteiger partial charge in [0.15, 0.2) is 0 Å². The molecule has 1 atom stereocenters. The number of rotatable bonds is 5. The summed E-state index contributed by atoms with van der Waals surface area (Å²) < 4.78 is 43.4. The summed E-state index contributed by atoms with van der Waals surface area (Å²) in [7, 11) is 1.32. The van der Waals surface area contributed by atoms with Gasteiger partial charge >= 0.3 is 24.1 Å². The predicted molar refractivity (Wildman–Crippen MR) is 123 cm³/mol. The van der Waals surface area contributed by atoms with Crippen molar-refractivity contribution in [2.45, 2.75) is 70.0 Å². The van der Waals surface area contributed by atoms with E-state index in [0.29, 0.717) is 30.5 Å². The van der Waals surface area contributed by atoms with Crippen molar-refractivity contribution < 1.29 is 37.1 Å². The molecule has 0 radical (unpaired) electrons. The van der Waals surface area contributed by atoms with Crippen molar-refractivity contribution in [1.82, 2.24) is 10.2 Å². The van der Waals surface area contributed by atoms with Crippen molar-refractivity contribution in [2.24, 2.45) is 5.41 Å². The average molecular weight is 510 g/mol. The minimum Gasteiger partial charge on any atom is -0.469 e. The van der Waals surface area contributed by atoms with Crippen molar-refractivity contribution in [3.63, 3.8) is 0 Å². The number of nitrogens with zero attached hydrogens (tertiary/aromatic N) is 2. The number of hydrogen-bond acceptors (Lipinski definition) is 5. The molecule has 1 aliphatic carbocycles. The van der Waals surface area contributed by atoms with Crippen LogP contribution in [0.3, 0.4) is 0 Å². The lowest BCUT2D eigenvalue weighted by Gasteiger charge is -2.40. The molecule has 196 valence electrons. The minimum atomic E-state index is -4.93. The average Bonchev–Trinajstić information content (AvgIpc) is 3.02. The normalized spacial score (nSPS) is 22.1. The molecule has 1 saturated carbocycles. The highest BCUT2D eigenvalue weighted by molar-refractivity contribution is 6.21. The number of amides is 4. The molecule has 1 aromatic carbocycles. The second-order valence-electron chi connectivity index (χ2n) is 9.80. The Morgan fingerprint density at radius 3 is 2.39 bits per heavy atom. The number of nitrogens with one attached hydrogen (secondary N) is 1. The number of esters is 1. The number of halogens is 3. The van der Waals surface area contributed by atoms with Crippen LogP contribution in [0, 0.1) is 5.41 Å². The van der Waals surface area contributed by atoms with Gasteiger partial charge in [-0.2, -0.15) is 13.2 Å². The maximum absolute atomic E-state index is 13.6. The molecule has 2 fully saturated rings. The third-order valence-electron chi connectivity index (χ3n) is 7.73. The van der Waals surface area contributed by atoms with Crippen LogP contribution >= 0.6 is 0 Å². The van der Waals surface area contributed by atoms with Crippen molar-refractivity contribution in [1.29, 1.82) is 0 Å². The highest BCUT2D eigenvalue weighted by Gasteiger charge is 2.51. The van der Waals surface area contributed by atoms with E-state index in [2.05, 4.69) is 5.32 Å². The van der Waals surface area contributed by atoms with Crippen LogP contribution in [0.15, 0.2) is 18.2 Å². The number of fused-ring (bicyclic) bond motifs is 1. The van der Waals surface area contributed by atoms with E-state index in [1.165, 1.54) is 7.11 Å². The van der Waals surface area contributed by atoms with Crippen LogP contribution < -0.4 is 10.2 Å². The number of methoxy groups -OCH3 is 1. The van der Waals surface area contributed by atoms with Gasteiger partial charge in [-0.3, -0.25) is 14.4 Å². The molecular weight excluding hydrogens is 479 g/mol. The number of carbonyl (C=O) groups is 4. The molecule has 0 aromatic heterocycles. The number of urea groups is 1. The lowest BCUT2D eigenvalue weighted by atomic mass is 9.66. The van der Waals surface area contributed by atoms with E-state index < -0.39 is 35.5 Å². The number of ether oxygens (including phenoxy) is 1. The lowest BCUT2D eigenvalue weighted by molar-refractivity contribution is -0.185. The number of carbonyl (C=O) groups excluding carboxylic acids is 4. The molecule has 36 heavy (non-hydrogen) atoms. The highest BCUT2D eigenvalue weighted by Crippen LogP contribution is 2.45. The van der Waals surface area contributed by atoms with E-state index >= 15 is 0 Å². The first-order chi connectivity index (χ1) is 17.1. The number of imide groups is 1. The monoisotopic (exact) mass is 509 g/mol. The van der Waals surface area contributed by atoms with Gasteiger partial charge in [-0.05, 0) is 55.4 Å². The topological polar surface area (TPSA) is 96.0 Å². The van der Waals surface area contributed by atoms with E-state index in [0.717, 1.165) is 34.6 Å². The van der Waals surface area contributed by atoms with Gasteiger partial charge in [-0.25, -0.2) is 9.69 Å². The molecule has 0 spiro atoms. The third-order valence-corrected chi connectivity index (χ3v) is 7.73. The summed E-state index contributed by atoms with van der Waals surface area (Å²) in [6, 6.07) is 3.64. The summed E-state index contributed by atoms with van der Waals surface area (Å²) in [6.45, 7) is -0.160. The largest absolute Gasteiger partial charge is 0.471 e. The van der Waals surface area contributed by atoms with Crippen LogP contribution in [0.2, 0.25) is 0 Å². The first kappa shape index (κ1) is 26.0. The molecular formula is C25H30F3N3O5. The number of alkyl halides is 3. The molecule has 1 unspecified atom stereocenters. The highest BCUT2D eigenvalue weighted by atomic mass is 19.4. The number of anilines is 1. The quantitative estimate of drug-likeness (QED) is 0.484. The number of hydrogen-bond donors (Lipinski definition) is 1. The summed E-state index contributed by atoms with van der Waals surface area (Å²) in [5.41, 5.74) is 1.28. The molecule has 3 aliphatic rings. The van der Waals surface area contributed by atoms with Crippen molar-refractivity contribution in [3.8, 4) is 0 Å². The van der Waals surface area contributed by atoms with E-state index in [-0.39, 0.29) is 38.3 Å². The summed E-state index contributed by atoms with van der Waals surface area (Å²) in [6.07, 6.45) is 0.317. The van der Waals surface area contributed by atoms with Gasteiger partial charge in [0.05, 0.1) is 12.8 Å². The summed E-state index contributed by atoms with van der Waals surface area (Å²) >= 11 is 0. The van der Waals surface area contributed by atoms with Crippen LogP contribution in [0.5, 0.6) is 0 Å². The van der Waals surface area contributed by atoms with Gasteiger partial charge in [0, 0.05) is 24.9 Å². The molecule has 11 heteroatoms. The first-order valence-corrected chi connectivity index (χ1v) is 12.2. The second-order valence-corrected chi connectivity index (χ2v) is 9.80. The fourth-order valence-corrected chi connectivity index (χ4v) is 5.76. The van der Waals surface area contributed by atoms with E-state index in [1.807, 2.05) is 0 Å². The molecule has 1 N–H and O–H groups in total. The van der Waals surface area contributed by atoms with Gasteiger partial charge < -0.3 is 15.0 Å². The maximum Gasteiger partial charge on any atom is 0.471 e. The molecule has 2 aliphatic heterocycles. The fraction of sp³-hybridized carbons (Fsp3) is 0.600. The van der Waals surface area contributed by atoms with Crippen molar-refractivity contribution in [2.75, 3.05) is 25.1 Å². The zero-order chi connectivity index (χ0) is 26.1. The third kappa shape index (κ3) is 5.05. The molecule has 4 amide bonds. The zero-order valence-corrected chi connectivity index (χ0v) is 20.2. The fourth-order valence-electron chi connectivity index (χ4n) is 5.76. The van der Waals surface area contributed by atoms with Crippen LogP contribution in [0.1, 0.15) is 56.1 Å². The maximum atomic E-state index is 13.6. The van der Waals surface area contributed by atoms with Crippen LogP contribution in [-0.4, -0.2) is 61.1 Å². The van der Waals surface area contributed by atoms with Crippen LogP contribution in [0.25, 0.3) is 0 Å². The van der Waals surface area contributed by atoms with Crippen LogP contribution in [-0.2, 0) is 32.0 Å². The second kappa shape index (κ2) is 10.1. The first-order valence-electron chi connectivity index (χ1n) is 12.2. The molecule has 8 nitrogen and oxygen atoms in total. The Morgan fingerprint density at radius 2 is 1.75 bits per heavy atom. The SMILES string of the molecule is COC(=O)CCC1(C2NC(=O)N(c3ccc4c(c3)CCN(C(=O)C(F)(F)F)CC4)C2=O)CCCCC1. The Labute approximate surface area is 207 Å². The summed E-state index contributed by atoms with van der Waals surface area (Å²) in [4.78, 5) is 52.0. The minimum absolute atomic E-state index is 0.0569. The van der Waals surface area contributed by atoms with Gasteiger partial charge in [-0.1, -0.05) is 25.3 Å². The lowest BCUT2D eigenvalue weighted by Crippen LogP contribution is -2.48. The summed E-state index contributed by atoms with van der Waals surface area (Å²) in [5, 5.41) is 2.84. The molecule has 1 aromatic rings. The Kier molecular flexibility index (Phi) is 7.28. The smallest absolute Gasteiger partial charge is 0.469 e. The molecule has 2 heterocycles. The van der Waals surface area contributed by atoms with Crippen LogP contribution in [0.4, 0.5) is 23.7 Å². The Balaban J connectivity index is 1.54. The van der Waals surface area contributed by atoms with Gasteiger partial charge in [0.25, 0.3) is 5.91 Å². The standard InChI is InChI=1S/C25H30F3N3O5/c1-36-19(32)7-12-24(10-3-2-4-11-24)20-21(33)31(23(35)29-20)18-6-5-16-8-13-30(14-9-17(16)15-18)22(34)25(26,27)28/h5-6,15,20H,2-4,7-14H2,1H3,(H,29,35). The van der Waals surface area contributed by atoms with E-state index in [1.54, 1.807) is 18.2 Å². The van der Waals surface area contributed by atoms with E-state index in [9.17, 15) is 32.3 Å². The Bertz CT molecular complexity index is 1050. The molecule has 1 saturated heterocycles. The van der Waals surface area contributed by atoms with E-state index in [4.69, 9.17) is 4.74 Å². The summed E-state index contributed by atoms with van der Waals surface area (Å²) in [5.74, 6) is -2.62. The van der Waals surface area contributed by atoms with Crippen molar-refractivity contribution >= 4 is 29.5 Å².